The summed E-state index contributed by atoms with van der Waals surface area (Å²) < 4.78 is 0. The Labute approximate surface area is 107 Å². The van der Waals surface area contributed by atoms with Crippen LogP contribution in [0.4, 0.5) is 4.79 Å². The van der Waals surface area contributed by atoms with Crippen LogP contribution in [0.3, 0.4) is 0 Å². The van der Waals surface area contributed by atoms with Crippen LogP contribution < -0.4 is 0 Å². The van der Waals surface area contributed by atoms with Crippen LogP contribution in [0.1, 0.15) is 16.7 Å². The van der Waals surface area contributed by atoms with Crippen LogP contribution in [0, 0.1) is 0 Å². The van der Waals surface area contributed by atoms with Gasteiger partial charge in [0.15, 0.2) is 0 Å². The Hall–Kier alpha value is -0.530. The van der Waals surface area contributed by atoms with E-state index < -0.39 is 18.1 Å². The summed E-state index contributed by atoms with van der Waals surface area (Å²) in [5.74, 6) is -1.67. The summed E-state index contributed by atoms with van der Waals surface area (Å²) in [6.45, 7) is 2.17. The Bertz CT molecular complexity index is 123. The summed E-state index contributed by atoms with van der Waals surface area (Å²) in [6.07, 6.45) is -1.83. The first kappa shape index (κ1) is 22.9. The predicted octanol–water partition coefficient (Wildman–Crippen LogP) is 0.248. The maximum atomic E-state index is 9.00. The van der Waals surface area contributed by atoms with Crippen LogP contribution in [0.2, 0.25) is 0 Å². The fourth-order valence-corrected chi connectivity index (χ4v) is 0. The molecular weight excluding hydrogens is 212 g/mol. The van der Waals surface area contributed by atoms with Crippen molar-refractivity contribution in [3.8, 4) is 0 Å². The second-order valence-electron chi connectivity index (χ2n) is 1.32. The van der Waals surface area contributed by atoms with Crippen LogP contribution in [0.25, 0.3) is 0 Å². The number of carbonyl (C=O) groups is 3. The average Bonchev–Trinajstić information content (AvgIpc) is 1.54. The minimum Gasteiger partial charge on any atom is -1.00 e. The number of aliphatic carboxylic acids is 2. The molecule has 0 atom stereocenters. The molecule has 76 valence electrons. The molecule has 0 amide bonds. The largest absolute Gasteiger partial charge is 2.00 e. The van der Waals surface area contributed by atoms with Crippen molar-refractivity contribution < 1.29 is 37.7 Å². The minimum atomic E-state index is -1.83. The number of hydrogen-bond donors (Lipinski definition) is 4. The van der Waals surface area contributed by atoms with Crippen LogP contribution in [-0.2, 0) is 9.59 Å². The van der Waals surface area contributed by atoms with E-state index in [0.29, 0.717) is 0 Å². The Kier molecular flexibility index (Phi) is 30.8. The topological polar surface area (TPSA) is 132 Å². The molecule has 13 heavy (non-hydrogen) atoms. The van der Waals surface area contributed by atoms with Crippen LogP contribution >= 0.6 is 0 Å². The van der Waals surface area contributed by atoms with Crippen molar-refractivity contribution in [3.05, 3.63) is 0 Å². The molecule has 0 unspecified atom stereocenters. The van der Waals surface area contributed by atoms with Gasteiger partial charge in [0.2, 0.25) is 0 Å². The van der Waals surface area contributed by atoms with Gasteiger partial charge in [-0.05, 0) is 0 Å². The van der Waals surface area contributed by atoms with Gasteiger partial charge in [-0.15, -0.1) is 0 Å². The van der Waals surface area contributed by atoms with E-state index >= 15 is 0 Å². The van der Waals surface area contributed by atoms with Crippen molar-refractivity contribution in [2.45, 2.75) is 13.8 Å². The van der Waals surface area contributed by atoms with Gasteiger partial charge in [-0.1, -0.05) is 0 Å². The first-order valence-electron chi connectivity index (χ1n) is 2.51. The Morgan fingerprint density at radius 2 is 0.846 bits per heavy atom. The van der Waals surface area contributed by atoms with E-state index in [4.69, 9.17) is 34.8 Å². The van der Waals surface area contributed by atoms with Gasteiger partial charge in [0.05, 0.1) is 0 Å². The molecule has 4 N–H and O–H groups in total. The Balaban J connectivity index is -0.0000000184. The third kappa shape index (κ3) is 3660. The molecular formula is C5H12CaO7. The average molecular weight is 224 g/mol. The first-order chi connectivity index (χ1) is 5.20. The van der Waals surface area contributed by atoms with E-state index in [1.165, 1.54) is 0 Å². The van der Waals surface area contributed by atoms with E-state index in [-0.39, 0.29) is 40.6 Å². The van der Waals surface area contributed by atoms with E-state index in [1.807, 2.05) is 0 Å². The van der Waals surface area contributed by atoms with Crippen molar-refractivity contribution in [1.29, 1.82) is 0 Å². The normalized spacial score (nSPS) is 5.69. The van der Waals surface area contributed by atoms with Crippen molar-refractivity contribution in [2.75, 3.05) is 0 Å². The zero-order valence-electron chi connectivity index (χ0n) is 9.22. The van der Waals surface area contributed by atoms with Gasteiger partial charge in [0, 0.05) is 13.8 Å². The van der Waals surface area contributed by atoms with Gasteiger partial charge in [0.25, 0.3) is 11.9 Å². The summed E-state index contributed by atoms with van der Waals surface area (Å²) in [5.41, 5.74) is 0. The second-order valence-corrected chi connectivity index (χ2v) is 1.32. The molecule has 0 aliphatic rings. The van der Waals surface area contributed by atoms with Gasteiger partial charge in [-0.25, -0.2) is 4.79 Å². The third-order valence-electron chi connectivity index (χ3n) is 0. The molecule has 0 spiro atoms. The van der Waals surface area contributed by atoms with Crippen LogP contribution in [0.5, 0.6) is 0 Å². The maximum absolute atomic E-state index is 9.00. The maximum Gasteiger partial charge on any atom is 2.00 e. The molecule has 0 aromatic carbocycles. The number of rotatable bonds is 0. The smallest absolute Gasteiger partial charge is 1.00 e. The number of carboxylic acid groups (broad SMARTS) is 4. The molecule has 7 nitrogen and oxygen atoms in total. The molecule has 0 aromatic heterocycles. The molecule has 0 aliphatic heterocycles. The van der Waals surface area contributed by atoms with E-state index in [9.17, 15) is 0 Å². The fraction of sp³-hybridized carbons (Fsp3) is 0.400. The second kappa shape index (κ2) is 17.5. The number of hydrogen-bond acceptors (Lipinski definition) is 3. The zero-order chi connectivity index (χ0) is 10.7. The third-order valence-corrected chi connectivity index (χ3v) is 0. The summed E-state index contributed by atoms with van der Waals surface area (Å²) in [4.78, 5) is 26.6. The summed E-state index contributed by atoms with van der Waals surface area (Å²) in [7, 11) is 0. The quantitative estimate of drug-likeness (QED) is 0.433. The summed E-state index contributed by atoms with van der Waals surface area (Å²) >= 11 is 0. The first-order valence-corrected chi connectivity index (χ1v) is 2.51. The van der Waals surface area contributed by atoms with E-state index in [1.54, 1.807) is 0 Å². The molecule has 0 heterocycles. The van der Waals surface area contributed by atoms with Crippen molar-refractivity contribution in [1.82, 2.24) is 0 Å². The zero-order valence-corrected chi connectivity index (χ0v) is 9.43. The van der Waals surface area contributed by atoms with Crippen molar-refractivity contribution in [2.24, 2.45) is 0 Å². The monoisotopic (exact) mass is 224 g/mol. The predicted molar refractivity (Wildman–Crippen MR) is 45.3 cm³/mol. The SMILES string of the molecule is CC(=O)O.CC(=O)O.O=C(O)O.[Ca+2].[H-].[H-]. The minimum absolute atomic E-state index is 0. The van der Waals surface area contributed by atoms with Crippen LogP contribution in [-0.4, -0.2) is 76.3 Å². The molecule has 0 rings (SSSR count). The van der Waals surface area contributed by atoms with Gasteiger partial charge in [-0.3, -0.25) is 9.59 Å². The van der Waals surface area contributed by atoms with Crippen LogP contribution in [0.15, 0.2) is 0 Å². The Morgan fingerprint density at radius 3 is 0.846 bits per heavy atom. The fourth-order valence-electron chi connectivity index (χ4n) is 0. The van der Waals surface area contributed by atoms with Crippen molar-refractivity contribution >= 4 is 55.8 Å². The molecule has 0 saturated heterocycles. The molecule has 0 saturated carbocycles. The standard InChI is InChI=1S/2C2H4O2.CH2O3.Ca.2H/c2*1-2(3)4;2-1(3)4;;;/h2*1H3,(H,3,4);(H2,2,3,4);;;/q;;;+2;2*-1. The molecule has 0 aromatic rings. The van der Waals surface area contributed by atoms with E-state index in [0.717, 1.165) is 13.8 Å². The molecule has 0 radical (unpaired) electrons. The van der Waals surface area contributed by atoms with Gasteiger partial charge in [-0.2, -0.15) is 0 Å². The summed E-state index contributed by atoms with van der Waals surface area (Å²) in [6, 6.07) is 0. The van der Waals surface area contributed by atoms with E-state index in [2.05, 4.69) is 0 Å². The van der Waals surface area contributed by atoms with Gasteiger partial charge in [0.1, 0.15) is 0 Å². The molecule has 8 heteroatoms. The molecule has 0 bridgehead atoms. The summed E-state index contributed by atoms with van der Waals surface area (Å²) in [5, 5.41) is 28.8. The molecule has 0 fully saturated rings. The van der Waals surface area contributed by atoms with Crippen molar-refractivity contribution in [3.63, 3.8) is 0 Å². The Morgan fingerprint density at radius 1 is 0.846 bits per heavy atom. The molecule has 0 aliphatic carbocycles. The van der Waals surface area contributed by atoms with Gasteiger partial charge < -0.3 is 23.3 Å². The number of carboxylic acids is 2. The van der Waals surface area contributed by atoms with Gasteiger partial charge >= 0.3 is 43.9 Å².